The Bertz CT molecular complexity index is 1340. The lowest BCUT2D eigenvalue weighted by Gasteiger charge is -2.34. The maximum atomic E-state index is 13.3. The Morgan fingerprint density at radius 1 is 1.12 bits per heavy atom. The number of carbonyl (C=O) groups excluding carboxylic acids is 2. The molecule has 0 radical (unpaired) electrons. The van der Waals surface area contributed by atoms with Crippen molar-refractivity contribution in [1.82, 2.24) is 4.90 Å². The highest BCUT2D eigenvalue weighted by Crippen LogP contribution is 2.38. The van der Waals surface area contributed by atoms with Crippen molar-refractivity contribution in [3.63, 3.8) is 0 Å². The number of methoxy groups -OCH3 is 2. The van der Waals surface area contributed by atoms with Crippen LogP contribution in [0.1, 0.15) is 18.5 Å². The Kier molecular flexibility index (Phi) is 6.00. The van der Waals surface area contributed by atoms with Gasteiger partial charge in [0.1, 0.15) is 17.4 Å². The van der Waals surface area contributed by atoms with E-state index in [1.807, 2.05) is 0 Å². The van der Waals surface area contributed by atoms with Crippen LogP contribution in [-0.4, -0.2) is 42.1 Å². The first-order valence-electron chi connectivity index (χ1n) is 9.98. The topological polar surface area (TPSA) is 134 Å². The number of hydrogen-bond acceptors (Lipinski definition) is 9. The van der Waals surface area contributed by atoms with E-state index in [1.165, 1.54) is 44.7 Å². The standard InChI is InChI=1S/C23H19N3O8/c1-13-19(21(27)31-2)20(15-4-9-18-14(12-15)10-11-33-18)25(22(24-13)32-3)23(28)34-17-7-5-16(6-8-17)26(29)30/h4-12,20H,1-3H3. The first kappa shape index (κ1) is 22.5. The van der Waals surface area contributed by atoms with Gasteiger partial charge in [0.2, 0.25) is 0 Å². The Morgan fingerprint density at radius 3 is 2.50 bits per heavy atom. The molecule has 2 heterocycles. The molecule has 34 heavy (non-hydrogen) atoms. The summed E-state index contributed by atoms with van der Waals surface area (Å²) in [6.45, 7) is 1.60. The summed E-state index contributed by atoms with van der Waals surface area (Å²) in [5.41, 5.74) is 1.45. The molecule has 2 aromatic carbocycles. The predicted octanol–water partition coefficient (Wildman–Crippen LogP) is 4.35. The van der Waals surface area contributed by atoms with E-state index in [-0.39, 0.29) is 23.0 Å². The molecule has 11 heteroatoms. The molecule has 1 aromatic heterocycles. The summed E-state index contributed by atoms with van der Waals surface area (Å²) in [7, 11) is 2.56. The van der Waals surface area contributed by atoms with Gasteiger partial charge in [-0.25, -0.2) is 19.5 Å². The van der Waals surface area contributed by atoms with Crippen LogP contribution in [-0.2, 0) is 14.3 Å². The number of non-ortho nitro benzene ring substituents is 1. The van der Waals surface area contributed by atoms with Gasteiger partial charge in [-0.2, -0.15) is 0 Å². The highest BCUT2D eigenvalue weighted by molar-refractivity contribution is 6.00. The van der Waals surface area contributed by atoms with Gasteiger partial charge in [-0.15, -0.1) is 0 Å². The third kappa shape index (κ3) is 4.06. The zero-order chi connectivity index (χ0) is 24.4. The normalized spacial score (nSPS) is 15.7. The van der Waals surface area contributed by atoms with Gasteiger partial charge in [0.15, 0.2) is 0 Å². The van der Waals surface area contributed by atoms with Gasteiger partial charge in [-0.1, -0.05) is 6.07 Å². The van der Waals surface area contributed by atoms with E-state index >= 15 is 0 Å². The second-order valence-electron chi connectivity index (χ2n) is 7.20. The van der Waals surface area contributed by atoms with Crippen molar-refractivity contribution in [3.05, 3.63) is 81.7 Å². The SMILES string of the molecule is COC(=O)C1=C(C)N=C(OC)N(C(=O)Oc2ccc([N+](=O)[O-])cc2)C1c1ccc2occc2c1. The third-order valence-corrected chi connectivity index (χ3v) is 5.22. The molecule has 1 amide bonds. The number of furan rings is 1. The van der Waals surface area contributed by atoms with E-state index in [4.69, 9.17) is 18.6 Å². The van der Waals surface area contributed by atoms with Gasteiger partial charge in [-0.05, 0) is 42.8 Å². The molecule has 1 atom stereocenters. The fourth-order valence-corrected chi connectivity index (χ4v) is 3.65. The van der Waals surface area contributed by atoms with Crippen LogP contribution in [0, 0.1) is 10.1 Å². The number of nitrogens with zero attached hydrogens (tertiary/aromatic N) is 3. The smallest absolute Gasteiger partial charge is 0.424 e. The summed E-state index contributed by atoms with van der Waals surface area (Å²) < 4.78 is 21.2. The lowest BCUT2D eigenvalue weighted by molar-refractivity contribution is -0.384. The first-order chi connectivity index (χ1) is 16.3. The van der Waals surface area contributed by atoms with Crippen LogP contribution < -0.4 is 4.74 Å². The molecule has 0 fully saturated rings. The largest absolute Gasteiger partial charge is 0.468 e. The molecular weight excluding hydrogens is 446 g/mol. The molecule has 0 saturated heterocycles. The molecule has 0 aliphatic carbocycles. The number of ether oxygens (including phenoxy) is 3. The zero-order valence-electron chi connectivity index (χ0n) is 18.4. The molecule has 1 aliphatic rings. The molecule has 174 valence electrons. The zero-order valence-corrected chi connectivity index (χ0v) is 18.4. The summed E-state index contributed by atoms with van der Waals surface area (Å²) in [6.07, 6.45) is 0.612. The van der Waals surface area contributed by atoms with Crippen LogP contribution in [0.4, 0.5) is 10.5 Å². The summed E-state index contributed by atoms with van der Waals surface area (Å²) in [5.74, 6) is -0.622. The van der Waals surface area contributed by atoms with Gasteiger partial charge < -0.3 is 18.6 Å². The summed E-state index contributed by atoms with van der Waals surface area (Å²) in [6, 6.07) is 10.8. The van der Waals surface area contributed by atoms with Crippen molar-refractivity contribution in [3.8, 4) is 5.75 Å². The van der Waals surface area contributed by atoms with E-state index in [0.717, 1.165) is 10.3 Å². The number of hydrogen-bond donors (Lipinski definition) is 0. The van der Waals surface area contributed by atoms with Crippen LogP contribution in [0.3, 0.4) is 0 Å². The Labute approximate surface area is 193 Å². The quantitative estimate of drug-likeness (QED) is 0.315. The van der Waals surface area contributed by atoms with E-state index in [2.05, 4.69) is 4.99 Å². The van der Waals surface area contributed by atoms with Crippen molar-refractivity contribution in [2.24, 2.45) is 4.99 Å². The van der Waals surface area contributed by atoms with Crippen LogP contribution in [0.2, 0.25) is 0 Å². The second-order valence-corrected chi connectivity index (χ2v) is 7.20. The van der Waals surface area contributed by atoms with Crippen molar-refractivity contribution >= 4 is 34.7 Å². The first-order valence-corrected chi connectivity index (χ1v) is 9.98. The number of allylic oxidation sites excluding steroid dienone is 1. The lowest BCUT2D eigenvalue weighted by atomic mass is 9.94. The molecule has 0 spiro atoms. The number of fused-ring (bicyclic) bond motifs is 1. The summed E-state index contributed by atoms with van der Waals surface area (Å²) in [4.78, 5) is 41.7. The monoisotopic (exact) mass is 465 g/mol. The maximum absolute atomic E-state index is 13.3. The van der Waals surface area contributed by atoms with Gasteiger partial charge in [0, 0.05) is 17.5 Å². The van der Waals surface area contributed by atoms with E-state index in [0.29, 0.717) is 16.8 Å². The number of nitro benzene ring substituents is 1. The van der Waals surface area contributed by atoms with Gasteiger partial charge in [0.05, 0.1) is 36.7 Å². The molecule has 0 bridgehead atoms. The minimum absolute atomic E-state index is 0.0565. The van der Waals surface area contributed by atoms with E-state index in [1.54, 1.807) is 31.2 Å². The van der Waals surface area contributed by atoms with E-state index < -0.39 is 23.0 Å². The Balaban J connectivity index is 1.79. The number of amidine groups is 1. The molecule has 1 aliphatic heterocycles. The second kappa shape index (κ2) is 9.06. The average Bonchev–Trinajstić information content (AvgIpc) is 3.31. The Hall–Kier alpha value is -4.67. The molecule has 4 rings (SSSR count). The van der Waals surface area contributed by atoms with Gasteiger partial charge in [0.25, 0.3) is 5.69 Å². The molecule has 0 N–H and O–H groups in total. The molecule has 1 unspecified atom stereocenters. The lowest BCUT2D eigenvalue weighted by Crippen LogP contribution is -2.46. The molecular formula is C23H19N3O8. The fourth-order valence-electron chi connectivity index (χ4n) is 3.65. The average molecular weight is 465 g/mol. The van der Waals surface area contributed by atoms with Crippen LogP contribution in [0.5, 0.6) is 5.75 Å². The number of aliphatic imine (C=N–C) groups is 1. The molecule has 0 saturated carbocycles. The third-order valence-electron chi connectivity index (χ3n) is 5.22. The highest BCUT2D eigenvalue weighted by Gasteiger charge is 2.42. The minimum atomic E-state index is -0.996. The number of esters is 1. The molecule has 3 aromatic rings. The van der Waals surface area contributed by atoms with Crippen LogP contribution >= 0.6 is 0 Å². The van der Waals surface area contributed by atoms with Crippen molar-refractivity contribution in [2.75, 3.05) is 14.2 Å². The Morgan fingerprint density at radius 2 is 1.85 bits per heavy atom. The van der Waals surface area contributed by atoms with Crippen LogP contribution in [0.15, 0.2) is 75.5 Å². The van der Waals surface area contributed by atoms with Crippen molar-refractivity contribution < 1.29 is 33.1 Å². The number of rotatable bonds is 4. The molecule has 11 nitrogen and oxygen atoms in total. The summed E-state index contributed by atoms with van der Waals surface area (Å²) >= 11 is 0. The fraction of sp³-hybridized carbons (Fsp3) is 0.174. The summed E-state index contributed by atoms with van der Waals surface area (Å²) in [5, 5.41) is 11.7. The van der Waals surface area contributed by atoms with Gasteiger partial charge >= 0.3 is 18.1 Å². The minimum Gasteiger partial charge on any atom is -0.468 e. The highest BCUT2D eigenvalue weighted by atomic mass is 16.6. The van der Waals surface area contributed by atoms with Gasteiger partial charge in [-0.3, -0.25) is 10.1 Å². The maximum Gasteiger partial charge on any atom is 0.424 e. The van der Waals surface area contributed by atoms with Crippen molar-refractivity contribution in [2.45, 2.75) is 13.0 Å². The predicted molar refractivity (Wildman–Crippen MR) is 119 cm³/mol. The number of benzene rings is 2. The number of amides is 1. The number of nitro groups is 1. The number of carbonyl (C=O) groups is 2. The van der Waals surface area contributed by atoms with E-state index in [9.17, 15) is 19.7 Å². The van der Waals surface area contributed by atoms with Crippen LogP contribution in [0.25, 0.3) is 11.0 Å². The van der Waals surface area contributed by atoms with Crippen molar-refractivity contribution in [1.29, 1.82) is 0 Å².